The van der Waals surface area contributed by atoms with Gasteiger partial charge in [-0.1, -0.05) is 13.8 Å². The maximum atomic E-state index is 2.00. The molecule has 0 spiro atoms. The first-order chi connectivity index (χ1) is 1.00. The Morgan fingerprint density at radius 2 is 0.750 bits per heavy atom. The summed E-state index contributed by atoms with van der Waals surface area (Å²) in [6.45, 7) is 4.00. The van der Waals surface area contributed by atoms with E-state index >= 15 is 0 Å². The Morgan fingerprint density at radius 3 is 0.750 bits per heavy atom. The fourth-order valence-corrected chi connectivity index (χ4v) is 0. The van der Waals surface area contributed by atoms with E-state index in [1.165, 1.54) is 0 Å². The molecule has 0 heterocycles. The molecule has 0 fully saturated rings. The van der Waals surface area contributed by atoms with Crippen molar-refractivity contribution >= 4 is 0 Å². The molecule has 2 heteroatoms. The second-order valence-electron chi connectivity index (χ2n) is 0. The van der Waals surface area contributed by atoms with Gasteiger partial charge < -0.3 is 0 Å². The minimum atomic E-state index is 0. The van der Waals surface area contributed by atoms with Crippen LogP contribution in [-0.2, 0) is 34.1 Å². The number of hydrogen-bond acceptors (Lipinski definition) is 0. The van der Waals surface area contributed by atoms with Crippen molar-refractivity contribution in [3.63, 3.8) is 0 Å². The molecule has 30 valence electrons. The van der Waals surface area contributed by atoms with Crippen molar-refractivity contribution in [1.82, 2.24) is 0 Å². The summed E-state index contributed by atoms with van der Waals surface area (Å²) in [7, 11) is 0. The minimum Gasteiger partial charge on any atom is -0.0683 e. The van der Waals surface area contributed by atoms with Crippen LogP contribution in [0.25, 0.3) is 0 Å². The van der Waals surface area contributed by atoms with Crippen LogP contribution in [0.15, 0.2) is 0 Å². The van der Waals surface area contributed by atoms with Crippen molar-refractivity contribution < 1.29 is 34.1 Å². The van der Waals surface area contributed by atoms with Crippen LogP contribution in [-0.4, -0.2) is 0 Å². The molecule has 0 aromatic carbocycles. The Bertz CT molecular complexity index is 4.00. The van der Waals surface area contributed by atoms with Gasteiger partial charge in [0.1, 0.15) is 0 Å². The molecular formula is C2H6Fe2. The zero-order chi connectivity index (χ0) is 2.00. The molecule has 0 saturated heterocycles. The van der Waals surface area contributed by atoms with Gasteiger partial charge in [0.25, 0.3) is 0 Å². The van der Waals surface area contributed by atoms with E-state index in [2.05, 4.69) is 0 Å². The van der Waals surface area contributed by atoms with Gasteiger partial charge in [0.2, 0.25) is 0 Å². The normalized spacial score (nSPS) is 1.50. The third-order valence-electron chi connectivity index (χ3n) is 0. The summed E-state index contributed by atoms with van der Waals surface area (Å²) < 4.78 is 0. The van der Waals surface area contributed by atoms with Gasteiger partial charge in [-0.15, -0.1) is 0 Å². The topological polar surface area (TPSA) is 0 Å². The first kappa shape index (κ1) is 19.8. The molecule has 0 bridgehead atoms. The predicted octanol–water partition coefficient (Wildman–Crippen LogP) is 1.02. The van der Waals surface area contributed by atoms with E-state index in [4.69, 9.17) is 0 Å². The van der Waals surface area contributed by atoms with Gasteiger partial charge in [0, 0.05) is 34.1 Å². The molecule has 0 aliphatic rings. The third-order valence-corrected chi connectivity index (χ3v) is 0. The molecule has 0 radical (unpaired) electrons. The summed E-state index contributed by atoms with van der Waals surface area (Å²) in [5.41, 5.74) is 0. The molecule has 4 heavy (non-hydrogen) atoms. The molecule has 0 nitrogen and oxygen atoms in total. The Morgan fingerprint density at radius 1 is 0.750 bits per heavy atom. The largest absolute Gasteiger partial charge is 0.0683 e. The van der Waals surface area contributed by atoms with Crippen molar-refractivity contribution in [2.75, 3.05) is 0 Å². The molecule has 0 N–H and O–H groups in total. The van der Waals surface area contributed by atoms with Crippen LogP contribution in [0.5, 0.6) is 0 Å². The first-order valence-electron chi connectivity index (χ1n) is 1.00. The molecule has 0 amide bonds. The second-order valence-corrected chi connectivity index (χ2v) is 0. The fourth-order valence-electron chi connectivity index (χ4n) is 0. The Balaban J connectivity index is -0.00000000500. The summed E-state index contributed by atoms with van der Waals surface area (Å²) in [6, 6.07) is 0. The quantitative estimate of drug-likeness (QED) is 0.442. The molecule has 0 aliphatic carbocycles. The fraction of sp³-hybridized carbons (Fsp3) is 1.00. The minimum absolute atomic E-state index is 0. The van der Waals surface area contributed by atoms with Gasteiger partial charge in [-0.3, -0.25) is 0 Å². The third kappa shape index (κ3) is 11.7. The molecule has 0 aromatic heterocycles. The average Bonchev–Trinajstić information content (AvgIpc) is 1.00. The SMILES string of the molecule is CC.[Fe].[Fe]. The van der Waals surface area contributed by atoms with E-state index in [0.717, 1.165) is 0 Å². The summed E-state index contributed by atoms with van der Waals surface area (Å²) in [5, 5.41) is 0. The molecule has 0 atom stereocenters. The number of hydrogen-bond donors (Lipinski definition) is 0. The molecular weight excluding hydrogens is 136 g/mol. The van der Waals surface area contributed by atoms with Crippen molar-refractivity contribution in [2.45, 2.75) is 13.8 Å². The van der Waals surface area contributed by atoms with Crippen LogP contribution in [0.4, 0.5) is 0 Å². The number of rotatable bonds is 0. The van der Waals surface area contributed by atoms with Gasteiger partial charge >= 0.3 is 0 Å². The average molecular weight is 142 g/mol. The second kappa shape index (κ2) is 34.6. The van der Waals surface area contributed by atoms with Crippen molar-refractivity contribution in [2.24, 2.45) is 0 Å². The Labute approximate surface area is 48.3 Å². The summed E-state index contributed by atoms with van der Waals surface area (Å²) in [4.78, 5) is 0. The van der Waals surface area contributed by atoms with E-state index < -0.39 is 0 Å². The van der Waals surface area contributed by atoms with Crippen molar-refractivity contribution in [3.8, 4) is 0 Å². The van der Waals surface area contributed by atoms with Gasteiger partial charge in [-0.25, -0.2) is 0 Å². The van der Waals surface area contributed by atoms with E-state index in [1.54, 1.807) is 0 Å². The van der Waals surface area contributed by atoms with Crippen LogP contribution in [0.3, 0.4) is 0 Å². The van der Waals surface area contributed by atoms with Crippen LogP contribution in [0.1, 0.15) is 13.8 Å². The summed E-state index contributed by atoms with van der Waals surface area (Å²) >= 11 is 0. The maximum Gasteiger partial charge on any atom is 0 e. The van der Waals surface area contributed by atoms with Gasteiger partial charge in [-0.05, 0) is 0 Å². The predicted molar refractivity (Wildman–Crippen MR) is 11.3 cm³/mol. The Hall–Kier alpha value is 1.04. The Kier molecular flexibility index (Phi) is 171. The molecule has 0 unspecified atom stereocenters. The van der Waals surface area contributed by atoms with Crippen LogP contribution in [0, 0.1) is 0 Å². The van der Waals surface area contributed by atoms with Crippen LogP contribution in [0.2, 0.25) is 0 Å². The maximum absolute atomic E-state index is 2.00. The van der Waals surface area contributed by atoms with Crippen molar-refractivity contribution in [3.05, 3.63) is 0 Å². The van der Waals surface area contributed by atoms with E-state index in [9.17, 15) is 0 Å². The van der Waals surface area contributed by atoms with Crippen LogP contribution >= 0.6 is 0 Å². The molecule has 0 saturated carbocycles. The molecule has 0 aliphatic heterocycles. The van der Waals surface area contributed by atoms with Gasteiger partial charge in [-0.2, -0.15) is 0 Å². The van der Waals surface area contributed by atoms with Gasteiger partial charge in [0.15, 0.2) is 0 Å². The summed E-state index contributed by atoms with van der Waals surface area (Å²) in [6.07, 6.45) is 0. The smallest absolute Gasteiger partial charge is 0 e. The van der Waals surface area contributed by atoms with Crippen molar-refractivity contribution in [1.29, 1.82) is 0 Å². The van der Waals surface area contributed by atoms with Gasteiger partial charge in [0.05, 0.1) is 0 Å². The van der Waals surface area contributed by atoms with E-state index in [0.29, 0.717) is 0 Å². The van der Waals surface area contributed by atoms with Crippen LogP contribution < -0.4 is 0 Å². The standard InChI is InChI=1S/C2H6.2Fe/c1-2;;/h1-2H3;;. The first-order valence-corrected chi connectivity index (χ1v) is 1.00. The van der Waals surface area contributed by atoms with E-state index in [1.807, 2.05) is 13.8 Å². The molecule has 0 rings (SSSR count). The zero-order valence-electron chi connectivity index (χ0n) is 2.71. The summed E-state index contributed by atoms with van der Waals surface area (Å²) in [5.74, 6) is 0. The monoisotopic (exact) mass is 142 g/mol. The zero-order valence-corrected chi connectivity index (χ0v) is 4.92. The molecule has 0 aromatic rings. The van der Waals surface area contributed by atoms with E-state index in [-0.39, 0.29) is 34.1 Å².